The van der Waals surface area contributed by atoms with Gasteiger partial charge in [0.2, 0.25) is 0 Å². The van der Waals surface area contributed by atoms with Crippen LogP contribution < -0.4 is 5.73 Å². The fraction of sp³-hybridized carbons (Fsp3) is 0.143. The summed E-state index contributed by atoms with van der Waals surface area (Å²) in [6.45, 7) is 0. The van der Waals surface area contributed by atoms with Crippen LogP contribution in [0.1, 0.15) is 11.0 Å². The van der Waals surface area contributed by atoms with Gasteiger partial charge in [0.25, 0.3) is 5.40 Å². The zero-order valence-electron chi connectivity index (χ0n) is 7.12. The first-order valence-electron chi connectivity index (χ1n) is 3.73. The molecule has 2 atom stereocenters. The van der Waals surface area contributed by atoms with Gasteiger partial charge in [-0.15, -0.1) is 0 Å². The Bertz CT molecular complexity index is 372. The number of hydrogen-bond acceptors (Lipinski definition) is 3. The number of nitrogen functional groups attached to an aromatic ring is 1. The number of rotatable bonds is 3. The zero-order valence-corrected chi connectivity index (χ0v) is 9.02. The van der Waals surface area contributed by atoms with Gasteiger partial charge in [-0.2, -0.15) is 0 Å². The van der Waals surface area contributed by atoms with Crippen LogP contribution >= 0.6 is 16.1 Å². The van der Waals surface area contributed by atoms with E-state index in [9.17, 15) is 9.13 Å². The molecule has 1 aromatic rings. The van der Waals surface area contributed by atoms with E-state index in [1.165, 1.54) is 24.3 Å². The van der Waals surface area contributed by atoms with Gasteiger partial charge >= 0.3 is 16.1 Å². The van der Waals surface area contributed by atoms with Crippen LogP contribution in [0.5, 0.6) is 0 Å². The fourth-order valence-electron chi connectivity index (χ4n) is 1.01. The van der Waals surface area contributed by atoms with Crippen LogP contribution in [0.4, 0.5) is 5.69 Å². The van der Waals surface area contributed by atoms with Crippen molar-refractivity contribution >= 4 is 21.7 Å². The monoisotopic (exact) mass is 234 g/mol. The van der Waals surface area contributed by atoms with Gasteiger partial charge in [0.15, 0.2) is 0 Å². The summed E-state index contributed by atoms with van der Waals surface area (Å²) in [5.74, 6) is 0. The molecule has 7 heteroatoms. The Morgan fingerprint density at radius 3 is 2.14 bits per heavy atom. The third-order valence-corrected chi connectivity index (χ3v) is 4.55. The zero-order chi connectivity index (χ0) is 10.8. The molecule has 0 radical (unpaired) electrons. The Labute approximate surface area is 82.3 Å². The Morgan fingerprint density at radius 1 is 1.29 bits per heavy atom. The van der Waals surface area contributed by atoms with Gasteiger partial charge in [-0.1, -0.05) is 16.7 Å². The predicted molar refractivity (Wildman–Crippen MR) is 54.6 cm³/mol. The smallest absolute Gasteiger partial charge is 0.380 e. The lowest BCUT2D eigenvalue weighted by molar-refractivity contribution is 0.369. The van der Waals surface area contributed by atoms with Gasteiger partial charge < -0.3 is 15.5 Å². The highest BCUT2D eigenvalue weighted by molar-refractivity contribution is 7.61. The van der Waals surface area contributed by atoms with E-state index in [0.717, 1.165) is 0 Å². The second-order valence-electron chi connectivity index (χ2n) is 2.78. The molecule has 0 aliphatic carbocycles. The maximum absolute atomic E-state index is 10.9. The van der Waals surface area contributed by atoms with Crippen molar-refractivity contribution in [1.29, 1.82) is 0 Å². The maximum Gasteiger partial charge on any atom is 0.380 e. The molecule has 0 fully saturated rings. The molecule has 0 heterocycles. The average molecular weight is 234 g/mol. The summed E-state index contributed by atoms with van der Waals surface area (Å²) in [5.41, 5.74) is 6.23. The van der Waals surface area contributed by atoms with E-state index in [0.29, 0.717) is 11.3 Å². The number of anilines is 1. The largest absolute Gasteiger partial charge is 0.399 e. The highest BCUT2D eigenvalue weighted by Gasteiger charge is 2.37. The Kier molecular flexibility index (Phi) is 3.40. The summed E-state index contributed by atoms with van der Waals surface area (Å²) in [4.78, 5) is 17.8. The third kappa shape index (κ3) is 2.63. The number of nitrogens with two attached hydrogens (primary N) is 1. The molecular formula is C7H10NO4P2+. The molecule has 2 unspecified atom stereocenters. The van der Waals surface area contributed by atoms with E-state index in [1.54, 1.807) is 0 Å². The Balaban J connectivity index is 3.08. The van der Waals surface area contributed by atoms with E-state index in [-0.39, 0.29) is 0 Å². The second-order valence-corrected chi connectivity index (χ2v) is 5.77. The van der Waals surface area contributed by atoms with Crippen molar-refractivity contribution in [3.63, 3.8) is 0 Å². The van der Waals surface area contributed by atoms with Crippen LogP contribution in [0.3, 0.4) is 0 Å². The van der Waals surface area contributed by atoms with Crippen molar-refractivity contribution in [2.24, 2.45) is 0 Å². The van der Waals surface area contributed by atoms with Crippen molar-refractivity contribution in [1.82, 2.24) is 0 Å². The molecule has 4 N–H and O–H groups in total. The van der Waals surface area contributed by atoms with Crippen molar-refractivity contribution in [3.8, 4) is 0 Å². The average Bonchev–Trinajstić information content (AvgIpc) is 2.07. The molecule has 0 aromatic heterocycles. The van der Waals surface area contributed by atoms with Crippen LogP contribution in [0.25, 0.3) is 0 Å². The molecule has 1 aromatic carbocycles. The minimum Gasteiger partial charge on any atom is -0.399 e. The van der Waals surface area contributed by atoms with Crippen molar-refractivity contribution in [2.75, 3.05) is 5.73 Å². The van der Waals surface area contributed by atoms with E-state index in [2.05, 4.69) is 0 Å². The van der Waals surface area contributed by atoms with Crippen LogP contribution in [-0.4, -0.2) is 9.79 Å². The molecule has 14 heavy (non-hydrogen) atoms. The van der Waals surface area contributed by atoms with E-state index in [1.807, 2.05) is 0 Å². The lowest BCUT2D eigenvalue weighted by Crippen LogP contribution is -1.93. The first-order chi connectivity index (χ1) is 6.45. The normalized spacial score (nSPS) is 14.1. The molecule has 0 spiro atoms. The third-order valence-electron chi connectivity index (χ3n) is 1.70. The fourth-order valence-corrected chi connectivity index (χ4v) is 2.45. The van der Waals surface area contributed by atoms with Gasteiger partial charge in [0.05, 0.1) is 0 Å². The molecule has 5 nitrogen and oxygen atoms in total. The van der Waals surface area contributed by atoms with Crippen LogP contribution in [0, 0.1) is 0 Å². The Morgan fingerprint density at radius 2 is 1.79 bits per heavy atom. The molecular weight excluding hydrogens is 224 g/mol. The highest BCUT2D eigenvalue weighted by Crippen LogP contribution is 2.57. The second kappa shape index (κ2) is 4.20. The van der Waals surface area contributed by atoms with Crippen molar-refractivity contribution < 1.29 is 18.9 Å². The van der Waals surface area contributed by atoms with Crippen LogP contribution in [0.15, 0.2) is 24.3 Å². The molecule has 0 amide bonds. The van der Waals surface area contributed by atoms with Crippen molar-refractivity contribution in [2.45, 2.75) is 5.40 Å². The summed E-state index contributed by atoms with van der Waals surface area (Å²) >= 11 is 0. The molecule has 0 bridgehead atoms. The van der Waals surface area contributed by atoms with Crippen LogP contribution in [-0.2, 0) is 9.13 Å². The molecule has 0 saturated carbocycles. The lowest BCUT2D eigenvalue weighted by Gasteiger charge is -2.06. The van der Waals surface area contributed by atoms with E-state index < -0.39 is 21.5 Å². The Hall–Kier alpha value is -0.730. The summed E-state index contributed by atoms with van der Waals surface area (Å²) in [6.07, 6.45) is 0. The first-order valence-corrected chi connectivity index (χ1v) is 6.40. The molecule has 0 aliphatic rings. The van der Waals surface area contributed by atoms with Gasteiger partial charge in [0, 0.05) is 11.3 Å². The minimum absolute atomic E-state index is 0.334. The topological polar surface area (TPSA) is 101 Å². The SMILES string of the molecule is Nc1ccc(C([PH+]=O)P(=O)(O)O)cc1. The summed E-state index contributed by atoms with van der Waals surface area (Å²) in [5, 5.41) is -1.25. The standard InChI is InChI=1S/C7H9NO4P2/c8-6-3-1-5(2-4-6)7(13-9)14(10,11)12/h1-4,7H,8H2,(H2,10,11,12)/p+1. The molecule has 76 valence electrons. The van der Waals surface area contributed by atoms with E-state index >= 15 is 0 Å². The number of benzene rings is 1. The van der Waals surface area contributed by atoms with Crippen molar-refractivity contribution in [3.05, 3.63) is 29.8 Å². The van der Waals surface area contributed by atoms with Gasteiger partial charge in [0.1, 0.15) is 0 Å². The van der Waals surface area contributed by atoms with Gasteiger partial charge in [-0.25, -0.2) is 0 Å². The molecule has 1 rings (SSSR count). The maximum atomic E-state index is 10.9. The van der Waals surface area contributed by atoms with Gasteiger partial charge in [-0.3, -0.25) is 4.57 Å². The predicted octanol–water partition coefficient (Wildman–Crippen LogP) is 1.47. The van der Waals surface area contributed by atoms with Crippen LogP contribution in [0.2, 0.25) is 0 Å². The summed E-state index contributed by atoms with van der Waals surface area (Å²) < 4.78 is 21.6. The highest BCUT2D eigenvalue weighted by atomic mass is 31.2. The van der Waals surface area contributed by atoms with Gasteiger partial charge in [-0.05, 0) is 12.1 Å². The minimum atomic E-state index is -4.35. The first kappa shape index (κ1) is 11.3. The summed E-state index contributed by atoms with van der Waals surface area (Å²) in [7, 11) is -5.43. The quantitative estimate of drug-likeness (QED) is 0.543. The summed E-state index contributed by atoms with van der Waals surface area (Å²) in [6, 6.07) is 5.95. The molecule has 0 saturated heterocycles. The molecule has 0 aliphatic heterocycles. The lowest BCUT2D eigenvalue weighted by atomic mass is 10.2. The number of hydrogen-bond donors (Lipinski definition) is 3. The van der Waals surface area contributed by atoms with E-state index in [4.69, 9.17) is 15.5 Å².